The predicted molar refractivity (Wildman–Crippen MR) is 81.2 cm³/mol. The number of anilines is 1. The Balaban J connectivity index is 1.94. The molecule has 0 saturated carbocycles. The molecule has 114 valence electrons. The van der Waals surface area contributed by atoms with Crippen LogP contribution >= 0.6 is 0 Å². The molecule has 5 heteroatoms. The maximum Gasteiger partial charge on any atom is 0.409 e. The second kappa shape index (κ2) is 7.11. The molecule has 1 aliphatic heterocycles. The lowest BCUT2D eigenvalue weighted by Gasteiger charge is -2.30. The van der Waals surface area contributed by atoms with Crippen LogP contribution in [0.2, 0.25) is 0 Å². The van der Waals surface area contributed by atoms with Gasteiger partial charge in [0.1, 0.15) is 0 Å². The van der Waals surface area contributed by atoms with E-state index in [2.05, 4.69) is 12.2 Å². The summed E-state index contributed by atoms with van der Waals surface area (Å²) in [6.45, 7) is 3.17. The van der Waals surface area contributed by atoms with Crippen molar-refractivity contribution < 1.29 is 14.3 Å². The zero-order valence-corrected chi connectivity index (χ0v) is 12.6. The molecule has 0 aliphatic carbocycles. The summed E-state index contributed by atoms with van der Waals surface area (Å²) in [5.41, 5.74) is 2.04. The Morgan fingerprint density at radius 3 is 2.67 bits per heavy atom. The van der Waals surface area contributed by atoms with Gasteiger partial charge in [-0.05, 0) is 37.0 Å². The van der Waals surface area contributed by atoms with Gasteiger partial charge >= 0.3 is 6.09 Å². The quantitative estimate of drug-likeness (QED) is 0.931. The Morgan fingerprint density at radius 1 is 1.33 bits per heavy atom. The molecule has 5 nitrogen and oxygen atoms in total. The third-order valence-electron chi connectivity index (χ3n) is 3.85. The average Bonchev–Trinajstić information content (AvgIpc) is 2.55. The number of likely N-dealkylation sites (tertiary alicyclic amines) is 1. The van der Waals surface area contributed by atoms with Crippen LogP contribution in [0.3, 0.4) is 0 Å². The smallest absolute Gasteiger partial charge is 0.409 e. The van der Waals surface area contributed by atoms with Gasteiger partial charge in [0.25, 0.3) is 0 Å². The highest BCUT2D eigenvalue weighted by molar-refractivity contribution is 5.93. The number of hydrogen-bond acceptors (Lipinski definition) is 3. The Bertz CT molecular complexity index is 499. The van der Waals surface area contributed by atoms with Gasteiger partial charge in [-0.1, -0.05) is 19.1 Å². The maximum absolute atomic E-state index is 12.3. The summed E-state index contributed by atoms with van der Waals surface area (Å²) in [5.74, 6) is -0.212. The van der Waals surface area contributed by atoms with E-state index < -0.39 is 0 Å². The minimum absolute atomic E-state index is 0.0344. The lowest BCUT2D eigenvalue weighted by atomic mass is 9.97. The Kier molecular flexibility index (Phi) is 5.20. The number of nitrogens with one attached hydrogen (secondary N) is 1. The number of rotatable bonds is 3. The molecule has 0 radical (unpaired) electrons. The molecule has 1 aliphatic rings. The Labute approximate surface area is 125 Å². The van der Waals surface area contributed by atoms with E-state index in [0.29, 0.717) is 13.1 Å². The van der Waals surface area contributed by atoms with E-state index in [4.69, 9.17) is 4.74 Å². The van der Waals surface area contributed by atoms with Crippen molar-refractivity contribution in [1.29, 1.82) is 0 Å². The van der Waals surface area contributed by atoms with E-state index in [0.717, 1.165) is 24.9 Å². The van der Waals surface area contributed by atoms with E-state index in [1.54, 1.807) is 4.90 Å². The summed E-state index contributed by atoms with van der Waals surface area (Å²) in [7, 11) is 1.36. The van der Waals surface area contributed by atoms with Crippen molar-refractivity contribution in [2.24, 2.45) is 5.92 Å². The van der Waals surface area contributed by atoms with Crippen molar-refractivity contribution in [1.82, 2.24) is 4.90 Å². The SMILES string of the molecule is CCc1ccc(NC(=O)C2CCCN(C(=O)OC)C2)cc1. The van der Waals surface area contributed by atoms with Crippen LogP contribution in [0.1, 0.15) is 25.3 Å². The molecular formula is C16H22N2O3. The van der Waals surface area contributed by atoms with Crippen LogP contribution in [-0.2, 0) is 16.0 Å². The topological polar surface area (TPSA) is 58.6 Å². The molecule has 2 rings (SSSR count). The molecule has 1 heterocycles. The Morgan fingerprint density at radius 2 is 2.05 bits per heavy atom. The number of ether oxygens (including phenoxy) is 1. The van der Waals surface area contributed by atoms with E-state index in [9.17, 15) is 9.59 Å². The number of hydrogen-bond donors (Lipinski definition) is 1. The van der Waals surface area contributed by atoms with Crippen molar-refractivity contribution in [3.8, 4) is 0 Å². The lowest BCUT2D eigenvalue weighted by molar-refractivity contribution is -0.121. The number of methoxy groups -OCH3 is 1. The molecular weight excluding hydrogens is 268 g/mol. The van der Waals surface area contributed by atoms with E-state index >= 15 is 0 Å². The second-order valence-electron chi connectivity index (χ2n) is 5.29. The molecule has 1 unspecified atom stereocenters. The van der Waals surface area contributed by atoms with Gasteiger partial charge in [0.2, 0.25) is 5.91 Å². The second-order valence-corrected chi connectivity index (χ2v) is 5.29. The average molecular weight is 290 g/mol. The van der Waals surface area contributed by atoms with Crippen LogP contribution in [-0.4, -0.2) is 37.1 Å². The lowest BCUT2D eigenvalue weighted by Crippen LogP contribution is -2.43. The van der Waals surface area contributed by atoms with Crippen LogP contribution in [0.4, 0.5) is 10.5 Å². The van der Waals surface area contributed by atoms with Crippen LogP contribution < -0.4 is 5.32 Å². The summed E-state index contributed by atoms with van der Waals surface area (Å²) in [4.78, 5) is 25.4. The zero-order valence-electron chi connectivity index (χ0n) is 12.6. The number of amides is 2. The van der Waals surface area contributed by atoms with Gasteiger partial charge in [-0.3, -0.25) is 4.79 Å². The van der Waals surface area contributed by atoms with Gasteiger partial charge in [-0.2, -0.15) is 0 Å². The van der Waals surface area contributed by atoms with Crippen LogP contribution in [0.5, 0.6) is 0 Å². The summed E-state index contributed by atoms with van der Waals surface area (Å²) >= 11 is 0. The molecule has 1 aromatic carbocycles. The predicted octanol–water partition coefficient (Wildman–Crippen LogP) is 2.67. The van der Waals surface area contributed by atoms with E-state index in [1.165, 1.54) is 12.7 Å². The van der Waals surface area contributed by atoms with Crippen molar-refractivity contribution in [2.75, 3.05) is 25.5 Å². The third-order valence-corrected chi connectivity index (χ3v) is 3.85. The van der Waals surface area contributed by atoms with Gasteiger partial charge in [-0.15, -0.1) is 0 Å². The molecule has 0 aromatic heterocycles. The highest BCUT2D eigenvalue weighted by atomic mass is 16.5. The van der Waals surface area contributed by atoms with Gasteiger partial charge in [0.15, 0.2) is 0 Å². The first-order chi connectivity index (χ1) is 10.1. The van der Waals surface area contributed by atoms with Gasteiger partial charge < -0.3 is 15.0 Å². The first-order valence-corrected chi connectivity index (χ1v) is 7.36. The third kappa shape index (κ3) is 3.97. The number of benzene rings is 1. The van der Waals surface area contributed by atoms with Gasteiger partial charge in [-0.25, -0.2) is 4.79 Å². The molecule has 2 amide bonds. The van der Waals surface area contributed by atoms with Crippen molar-refractivity contribution in [3.05, 3.63) is 29.8 Å². The summed E-state index contributed by atoms with van der Waals surface area (Å²) in [6, 6.07) is 7.85. The molecule has 0 bridgehead atoms. The fraction of sp³-hybridized carbons (Fsp3) is 0.500. The molecule has 1 fully saturated rings. The first kappa shape index (κ1) is 15.4. The first-order valence-electron chi connectivity index (χ1n) is 7.36. The Hall–Kier alpha value is -2.04. The van der Waals surface area contributed by atoms with E-state index in [1.807, 2.05) is 24.3 Å². The fourth-order valence-electron chi connectivity index (χ4n) is 2.55. The zero-order chi connectivity index (χ0) is 15.2. The van der Waals surface area contributed by atoms with Crippen LogP contribution in [0, 0.1) is 5.92 Å². The standard InChI is InChI=1S/C16H22N2O3/c1-3-12-6-8-14(9-7-12)17-15(19)13-5-4-10-18(11-13)16(20)21-2/h6-9,13H,3-5,10-11H2,1-2H3,(H,17,19). The van der Waals surface area contributed by atoms with Crippen molar-refractivity contribution in [3.63, 3.8) is 0 Å². The number of carbonyl (C=O) groups is 2. The highest BCUT2D eigenvalue weighted by Crippen LogP contribution is 2.19. The van der Waals surface area contributed by atoms with Crippen molar-refractivity contribution in [2.45, 2.75) is 26.2 Å². The number of aryl methyl sites for hydroxylation is 1. The summed E-state index contributed by atoms with van der Waals surface area (Å²) in [5, 5.41) is 2.92. The molecule has 1 saturated heterocycles. The number of carbonyl (C=O) groups excluding carboxylic acids is 2. The fourth-order valence-corrected chi connectivity index (χ4v) is 2.55. The van der Waals surface area contributed by atoms with Gasteiger partial charge in [0, 0.05) is 18.8 Å². The summed E-state index contributed by atoms with van der Waals surface area (Å²) < 4.78 is 4.72. The molecule has 1 N–H and O–H groups in total. The molecule has 1 atom stereocenters. The molecule has 1 aromatic rings. The highest BCUT2D eigenvalue weighted by Gasteiger charge is 2.28. The van der Waals surface area contributed by atoms with Crippen LogP contribution in [0.25, 0.3) is 0 Å². The van der Waals surface area contributed by atoms with Crippen molar-refractivity contribution >= 4 is 17.7 Å². The number of piperidine rings is 1. The minimum Gasteiger partial charge on any atom is -0.453 e. The maximum atomic E-state index is 12.3. The monoisotopic (exact) mass is 290 g/mol. The van der Waals surface area contributed by atoms with Crippen LogP contribution in [0.15, 0.2) is 24.3 Å². The van der Waals surface area contributed by atoms with Gasteiger partial charge in [0.05, 0.1) is 13.0 Å². The molecule has 0 spiro atoms. The minimum atomic E-state index is -0.361. The largest absolute Gasteiger partial charge is 0.453 e. The van der Waals surface area contributed by atoms with E-state index in [-0.39, 0.29) is 17.9 Å². The molecule has 21 heavy (non-hydrogen) atoms. The number of nitrogens with zero attached hydrogens (tertiary/aromatic N) is 1. The summed E-state index contributed by atoms with van der Waals surface area (Å²) in [6.07, 6.45) is 2.24. The normalized spacial score (nSPS) is 18.2.